The first-order valence-corrected chi connectivity index (χ1v) is 12.4. The van der Waals surface area contributed by atoms with Gasteiger partial charge >= 0.3 is 0 Å². The first-order chi connectivity index (χ1) is 15.6. The fourth-order valence-corrected chi connectivity index (χ4v) is 5.50. The van der Waals surface area contributed by atoms with Crippen molar-refractivity contribution >= 4 is 40.5 Å². The second-order valence-corrected chi connectivity index (χ2v) is 9.63. The van der Waals surface area contributed by atoms with Gasteiger partial charge in [-0.2, -0.15) is 0 Å². The number of ether oxygens (including phenoxy) is 1. The molecule has 0 radical (unpaired) electrons. The number of rotatable bonds is 7. The zero-order chi connectivity index (χ0) is 22.1. The standard InChI is InChI=1S/C25H29Cl2N3O2/c26-21-4-3-5-22(24(21)27)29-13-11-28(12-14-29)9-1-2-15-32-20-16-18-6-7-23(31)30-10-8-19(17-20)25(18)30/h3-5,16-17H,1-2,6-15H2. The molecule has 170 valence electrons. The maximum Gasteiger partial charge on any atom is 0.227 e. The highest BCUT2D eigenvalue weighted by atomic mass is 35.5. The minimum Gasteiger partial charge on any atom is -0.494 e. The Bertz CT molecular complexity index is 1000. The Morgan fingerprint density at radius 2 is 1.69 bits per heavy atom. The number of piperazine rings is 1. The van der Waals surface area contributed by atoms with Gasteiger partial charge < -0.3 is 14.5 Å². The molecule has 1 amide bonds. The van der Waals surface area contributed by atoms with Gasteiger partial charge in [-0.1, -0.05) is 29.3 Å². The van der Waals surface area contributed by atoms with Gasteiger partial charge in [0.05, 0.1) is 28.0 Å². The summed E-state index contributed by atoms with van der Waals surface area (Å²) < 4.78 is 6.09. The number of hydrogen-bond acceptors (Lipinski definition) is 4. The minimum atomic E-state index is 0.265. The van der Waals surface area contributed by atoms with Crippen LogP contribution in [0.4, 0.5) is 11.4 Å². The molecule has 0 atom stereocenters. The second-order valence-electron chi connectivity index (χ2n) is 8.84. The van der Waals surface area contributed by atoms with Crippen molar-refractivity contribution < 1.29 is 9.53 Å². The zero-order valence-corrected chi connectivity index (χ0v) is 19.8. The molecule has 3 heterocycles. The van der Waals surface area contributed by atoms with Crippen LogP contribution >= 0.6 is 23.2 Å². The van der Waals surface area contributed by atoms with E-state index in [2.05, 4.69) is 21.9 Å². The van der Waals surface area contributed by atoms with Crippen molar-refractivity contribution in [1.29, 1.82) is 0 Å². The number of anilines is 2. The average molecular weight is 474 g/mol. The molecule has 7 heteroatoms. The molecule has 5 nitrogen and oxygen atoms in total. The smallest absolute Gasteiger partial charge is 0.227 e. The van der Waals surface area contributed by atoms with Gasteiger partial charge in [-0.05, 0) is 67.6 Å². The lowest BCUT2D eigenvalue weighted by Gasteiger charge is -2.36. The van der Waals surface area contributed by atoms with Gasteiger partial charge in [0.2, 0.25) is 5.91 Å². The van der Waals surface area contributed by atoms with E-state index in [0.717, 1.165) is 88.7 Å². The lowest BCUT2D eigenvalue weighted by molar-refractivity contribution is -0.118. The van der Waals surface area contributed by atoms with Crippen LogP contribution in [0.1, 0.15) is 30.4 Å². The summed E-state index contributed by atoms with van der Waals surface area (Å²) in [4.78, 5) is 18.9. The first-order valence-electron chi connectivity index (χ1n) is 11.6. The molecule has 0 bridgehead atoms. The number of unbranched alkanes of at least 4 members (excludes halogenated alkanes) is 1. The van der Waals surface area contributed by atoms with Crippen LogP contribution in [-0.2, 0) is 17.6 Å². The average Bonchev–Trinajstić information content (AvgIpc) is 3.24. The summed E-state index contributed by atoms with van der Waals surface area (Å²) in [5.41, 5.74) is 4.73. The molecular formula is C25H29Cl2N3O2. The highest BCUT2D eigenvalue weighted by Crippen LogP contribution is 2.39. The molecule has 2 aromatic rings. The van der Waals surface area contributed by atoms with E-state index in [-0.39, 0.29) is 5.91 Å². The number of halogens is 2. The molecule has 1 fully saturated rings. The van der Waals surface area contributed by atoms with Gasteiger partial charge in [0.15, 0.2) is 0 Å². The van der Waals surface area contributed by atoms with Gasteiger partial charge in [0.1, 0.15) is 5.75 Å². The third kappa shape index (κ3) is 4.43. The SMILES string of the molecule is O=C1CCc2cc(OCCCCN3CCN(c4cccc(Cl)c4Cl)CC3)cc3c2N1CC3. The van der Waals surface area contributed by atoms with Crippen LogP contribution in [0.3, 0.4) is 0 Å². The van der Waals surface area contributed by atoms with E-state index in [1.165, 1.54) is 11.1 Å². The molecule has 0 spiro atoms. The van der Waals surface area contributed by atoms with Crippen LogP contribution in [0, 0.1) is 0 Å². The molecule has 0 aromatic heterocycles. The largest absolute Gasteiger partial charge is 0.494 e. The van der Waals surface area contributed by atoms with Gasteiger partial charge in [0.25, 0.3) is 0 Å². The Hall–Kier alpha value is -1.95. The maximum absolute atomic E-state index is 12.1. The normalized spacial score (nSPS) is 18.2. The van der Waals surface area contributed by atoms with E-state index < -0.39 is 0 Å². The number of aryl methyl sites for hydroxylation is 1. The van der Waals surface area contributed by atoms with Crippen molar-refractivity contribution in [2.75, 3.05) is 55.7 Å². The molecule has 0 aliphatic carbocycles. The molecule has 2 aromatic carbocycles. The highest BCUT2D eigenvalue weighted by Gasteiger charge is 2.31. The number of hydrogen-bond donors (Lipinski definition) is 0. The predicted octanol–water partition coefficient (Wildman–Crippen LogP) is 4.81. The van der Waals surface area contributed by atoms with Crippen LogP contribution in [0.25, 0.3) is 0 Å². The highest BCUT2D eigenvalue weighted by molar-refractivity contribution is 6.43. The molecule has 5 rings (SSSR count). The van der Waals surface area contributed by atoms with Crippen molar-refractivity contribution in [1.82, 2.24) is 4.90 Å². The molecule has 1 saturated heterocycles. The molecule has 0 N–H and O–H groups in total. The number of nitrogens with zero attached hydrogens (tertiary/aromatic N) is 3. The van der Waals surface area contributed by atoms with Crippen LogP contribution in [0.15, 0.2) is 30.3 Å². The molecule has 3 aliphatic rings. The van der Waals surface area contributed by atoms with Crippen LogP contribution in [0.2, 0.25) is 10.0 Å². The summed E-state index contributed by atoms with van der Waals surface area (Å²) >= 11 is 12.5. The van der Waals surface area contributed by atoms with E-state index in [4.69, 9.17) is 27.9 Å². The first kappa shape index (κ1) is 21.9. The van der Waals surface area contributed by atoms with Gasteiger partial charge in [-0.3, -0.25) is 9.69 Å². The Labute approximate surface area is 199 Å². The van der Waals surface area contributed by atoms with Crippen molar-refractivity contribution in [3.05, 3.63) is 51.5 Å². The second kappa shape index (κ2) is 9.50. The quantitative estimate of drug-likeness (QED) is 0.540. The van der Waals surface area contributed by atoms with Crippen molar-refractivity contribution in [3.8, 4) is 5.75 Å². The van der Waals surface area contributed by atoms with Crippen molar-refractivity contribution in [2.45, 2.75) is 32.1 Å². The van der Waals surface area contributed by atoms with Crippen molar-refractivity contribution in [3.63, 3.8) is 0 Å². The third-order valence-corrected chi connectivity index (χ3v) is 7.62. The summed E-state index contributed by atoms with van der Waals surface area (Å²) in [6.45, 7) is 6.65. The van der Waals surface area contributed by atoms with Crippen LogP contribution in [-0.4, -0.2) is 56.7 Å². The lowest BCUT2D eigenvalue weighted by Crippen LogP contribution is -2.46. The Kier molecular flexibility index (Phi) is 6.49. The zero-order valence-electron chi connectivity index (χ0n) is 18.3. The minimum absolute atomic E-state index is 0.265. The monoisotopic (exact) mass is 473 g/mol. The van der Waals surface area contributed by atoms with E-state index in [1.807, 2.05) is 23.1 Å². The Morgan fingerprint density at radius 1 is 0.906 bits per heavy atom. The summed E-state index contributed by atoms with van der Waals surface area (Å²) in [6.07, 6.45) is 4.56. The third-order valence-electron chi connectivity index (χ3n) is 6.81. The summed E-state index contributed by atoms with van der Waals surface area (Å²) in [7, 11) is 0. The Balaban J connectivity index is 1.05. The molecule has 0 saturated carbocycles. The molecule has 32 heavy (non-hydrogen) atoms. The van der Waals surface area contributed by atoms with Crippen molar-refractivity contribution in [2.24, 2.45) is 0 Å². The fourth-order valence-electron chi connectivity index (χ4n) is 5.09. The number of amides is 1. The topological polar surface area (TPSA) is 36.0 Å². The van der Waals surface area contributed by atoms with E-state index in [9.17, 15) is 4.79 Å². The Morgan fingerprint density at radius 3 is 2.50 bits per heavy atom. The fraction of sp³-hybridized carbons (Fsp3) is 0.480. The van der Waals surface area contributed by atoms with E-state index in [0.29, 0.717) is 16.5 Å². The predicted molar refractivity (Wildman–Crippen MR) is 131 cm³/mol. The van der Waals surface area contributed by atoms with Gasteiger partial charge in [-0.15, -0.1) is 0 Å². The van der Waals surface area contributed by atoms with Gasteiger partial charge in [0, 0.05) is 39.1 Å². The molecule has 3 aliphatic heterocycles. The van der Waals surface area contributed by atoms with E-state index >= 15 is 0 Å². The molecule has 0 unspecified atom stereocenters. The van der Waals surface area contributed by atoms with Crippen LogP contribution < -0.4 is 14.5 Å². The van der Waals surface area contributed by atoms with Crippen LogP contribution in [0.5, 0.6) is 5.75 Å². The maximum atomic E-state index is 12.1. The summed E-state index contributed by atoms with van der Waals surface area (Å²) in [5.74, 6) is 1.23. The summed E-state index contributed by atoms with van der Waals surface area (Å²) in [5, 5.41) is 1.27. The summed E-state index contributed by atoms with van der Waals surface area (Å²) in [6, 6.07) is 10.1. The number of carbonyl (C=O) groups is 1. The number of carbonyl (C=O) groups excluding carboxylic acids is 1. The van der Waals surface area contributed by atoms with Gasteiger partial charge in [-0.25, -0.2) is 0 Å². The number of benzene rings is 2. The molecular weight excluding hydrogens is 445 g/mol. The van der Waals surface area contributed by atoms with E-state index in [1.54, 1.807) is 0 Å². The lowest BCUT2D eigenvalue weighted by atomic mass is 9.99.